The van der Waals surface area contributed by atoms with E-state index in [9.17, 15) is 4.79 Å². The quantitative estimate of drug-likeness (QED) is 0.779. The number of nitrogens with two attached hydrogens (primary N) is 1. The third kappa shape index (κ3) is 2.57. The van der Waals surface area contributed by atoms with Crippen LogP contribution in [0.1, 0.15) is 35.2 Å². The van der Waals surface area contributed by atoms with Crippen molar-refractivity contribution in [2.45, 2.75) is 31.8 Å². The number of benzene rings is 1. The Morgan fingerprint density at radius 3 is 2.47 bits per heavy atom. The highest BCUT2D eigenvalue weighted by Gasteiger charge is 2.15. The van der Waals surface area contributed by atoms with Crippen LogP contribution in [0.2, 0.25) is 0 Å². The highest BCUT2D eigenvalue weighted by Crippen LogP contribution is 2.18. The second-order valence-corrected chi connectivity index (χ2v) is 4.07. The summed E-state index contributed by atoms with van der Waals surface area (Å²) >= 11 is 0. The van der Waals surface area contributed by atoms with Gasteiger partial charge in [0, 0.05) is 18.2 Å². The van der Waals surface area contributed by atoms with E-state index in [-0.39, 0.29) is 5.91 Å². The van der Waals surface area contributed by atoms with Crippen LogP contribution in [0.3, 0.4) is 0 Å². The van der Waals surface area contributed by atoms with Gasteiger partial charge >= 0.3 is 0 Å². The molecule has 0 bridgehead atoms. The zero-order valence-electron chi connectivity index (χ0n) is 8.70. The molecule has 0 atom stereocenters. The van der Waals surface area contributed by atoms with Crippen LogP contribution in [-0.2, 0) is 6.54 Å². The zero-order chi connectivity index (χ0) is 10.7. The minimum Gasteiger partial charge on any atom is -0.366 e. The fourth-order valence-electron chi connectivity index (χ4n) is 1.66. The molecule has 3 nitrogen and oxygen atoms in total. The van der Waals surface area contributed by atoms with E-state index in [0.29, 0.717) is 11.6 Å². The van der Waals surface area contributed by atoms with E-state index in [0.717, 1.165) is 6.54 Å². The van der Waals surface area contributed by atoms with E-state index in [1.165, 1.54) is 24.8 Å². The van der Waals surface area contributed by atoms with Gasteiger partial charge in [-0.25, -0.2) is 0 Å². The Balaban J connectivity index is 1.88. The van der Waals surface area contributed by atoms with Gasteiger partial charge < -0.3 is 11.1 Å². The van der Waals surface area contributed by atoms with Crippen molar-refractivity contribution in [3.63, 3.8) is 0 Å². The van der Waals surface area contributed by atoms with Crippen LogP contribution < -0.4 is 11.1 Å². The monoisotopic (exact) mass is 204 g/mol. The third-order valence-electron chi connectivity index (χ3n) is 2.94. The Hall–Kier alpha value is -1.35. The van der Waals surface area contributed by atoms with Gasteiger partial charge in [0.15, 0.2) is 0 Å². The Bertz CT molecular complexity index is 341. The van der Waals surface area contributed by atoms with Crippen molar-refractivity contribution in [2.24, 2.45) is 5.73 Å². The lowest BCUT2D eigenvalue weighted by molar-refractivity contribution is 0.100. The molecule has 3 N–H and O–H groups in total. The highest BCUT2D eigenvalue weighted by molar-refractivity contribution is 5.92. The van der Waals surface area contributed by atoms with Crippen molar-refractivity contribution in [1.82, 2.24) is 5.32 Å². The minimum absolute atomic E-state index is 0.367. The molecule has 0 aromatic heterocycles. The predicted molar refractivity (Wildman–Crippen MR) is 59.4 cm³/mol. The molecule has 1 aliphatic rings. The lowest BCUT2D eigenvalue weighted by atomic mass is 9.93. The summed E-state index contributed by atoms with van der Waals surface area (Å²) in [6.07, 6.45) is 3.93. The van der Waals surface area contributed by atoms with Crippen molar-refractivity contribution in [3.8, 4) is 0 Å². The first-order valence-electron chi connectivity index (χ1n) is 5.38. The van der Waals surface area contributed by atoms with E-state index in [4.69, 9.17) is 5.73 Å². The lowest BCUT2D eigenvalue weighted by Crippen LogP contribution is -2.34. The number of nitrogens with one attached hydrogen (secondary N) is 1. The number of primary amides is 1. The van der Waals surface area contributed by atoms with Gasteiger partial charge in [0.2, 0.25) is 5.91 Å². The van der Waals surface area contributed by atoms with Gasteiger partial charge in [-0.3, -0.25) is 4.79 Å². The van der Waals surface area contributed by atoms with Gasteiger partial charge in [0.05, 0.1) is 0 Å². The number of amides is 1. The zero-order valence-corrected chi connectivity index (χ0v) is 8.70. The fourth-order valence-corrected chi connectivity index (χ4v) is 1.66. The lowest BCUT2D eigenvalue weighted by Gasteiger charge is -2.26. The second kappa shape index (κ2) is 4.45. The maximum absolute atomic E-state index is 10.8. The van der Waals surface area contributed by atoms with Crippen molar-refractivity contribution >= 4 is 5.91 Å². The minimum atomic E-state index is -0.367. The molecule has 0 radical (unpaired) electrons. The Labute approximate surface area is 89.7 Å². The maximum atomic E-state index is 10.8. The van der Waals surface area contributed by atoms with Gasteiger partial charge in [-0.05, 0) is 30.5 Å². The van der Waals surface area contributed by atoms with E-state index in [1.54, 1.807) is 12.1 Å². The Morgan fingerprint density at radius 2 is 2.00 bits per heavy atom. The van der Waals surface area contributed by atoms with Crippen LogP contribution in [0.4, 0.5) is 0 Å². The molecule has 0 heterocycles. The van der Waals surface area contributed by atoms with Crippen LogP contribution in [0, 0.1) is 0 Å². The third-order valence-corrected chi connectivity index (χ3v) is 2.94. The second-order valence-electron chi connectivity index (χ2n) is 4.07. The van der Waals surface area contributed by atoms with E-state index in [1.807, 2.05) is 12.1 Å². The molecule has 0 saturated heterocycles. The van der Waals surface area contributed by atoms with Crippen LogP contribution in [0.15, 0.2) is 24.3 Å². The Kier molecular flexibility index (Phi) is 3.02. The molecule has 1 fully saturated rings. The van der Waals surface area contributed by atoms with Crippen molar-refractivity contribution in [1.29, 1.82) is 0 Å². The summed E-state index contributed by atoms with van der Waals surface area (Å²) in [6.45, 7) is 0.879. The Morgan fingerprint density at radius 1 is 1.33 bits per heavy atom. The number of carbonyl (C=O) groups excluding carboxylic acids is 1. The fraction of sp³-hybridized carbons (Fsp3) is 0.417. The normalized spacial score (nSPS) is 16.0. The molecule has 15 heavy (non-hydrogen) atoms. The average molecular weight is 204 g/mol. The van der Waals surface area contributed by atoms with Gasteiger partial charge in [0.25, 0.3) is 0 Å². The summed E-state index contributed by atoms with van der Waals surface area (Å²) in [5, 5.41) is 3.47. The topological polar surface area (TPSA) is 55.1 Å². The summed E-state index contributed by atoms with van der Waals surface area (Å²) in [6, 6.07) is 8.15. The largest absolute Gasteiger partial charge is 0.366 e. The number of rotatable bonds is 4. The summed E-state index contributed by atoms with van der Waals surface area (Å²) in [4.78, 5) is 10.8. The average Bonchev–Trinajstić information content (AvgIpc) is 2.16. The number of carbonyl (C=O) groups is 1. The molecule has 80 valence electrons. The molecule has 0 spiro atoms. The van der Waals surface area contributed by atoms with Crippen LogP contribution in [0.5, 0.6) is 0 Å². The smallest absolute Gasteiger partial charge is 0.248 e. The number of hydrogen-bond donors (Lipinski definition) is 2. The van der Waals surface area contributed by atoms with Gasteiger partial charge in [-0.15, -0.1) is 0 Å². The first kappa shape index (κ1) is 10.2. The molecule has 0 aliphatic heterocycles. The SMILES string of the molecule is NC(=O)c1ccc(CNC2CCC2)cc1. The van der Waals surface area contributed by atoms with Crippen molar-refractivity contribution in [3.05, 3.63) is 35.4 Å². The van der Waals surface area contributed by atoms with Crippen molar-refractivity contribution in [2.75, 3.05) is 0 Å². The molecule has 2 rings (SSSR count). The standard InChI is InChI=1S/C12H16N2O/c13-12(15)10-6-4-9(5-7-10)8-14-11-2-1-3-11/h4-7,11,14H,1-3,8H2,(H2,13,15). The molecular weight excluding hydrogens is 188 g/mol. The predicted octanol–water partition coefficient (Wildman–Crippen LogP) is 1.43. The van der Waals surface area contributed by atoms with Crippen LogP contribution >= 0.6 is 0 Å². The molecule has 1 amide bonds. The summed E-state index contributed by atoms with van der Waals surface area (Å²) in [7, 11) is 0. The first-order chi connectivity index (χ1) is 7.25. The molecule has 0 unspecified atom stereocenters. The molecular formula is C12H16N2O. The van der Waals surface area contributed by atoms with E-state index >= 15 is 0 Å². The first-order valence-corrected chi connectivity index (χ1v) is 5.38. The van der Waals surface area contributed by atoms with E-state index in [2.05, 4.69) is 5.32 Å². The molecule has 3 heteroatoms. The number of hydrogen-bond acceptors (Lipinski definition) is 2. The summed E-state index contributed by atoms with van der Waals surface area (Å²) in [5.74, 6) is -0.367. The van der Waals surface area contributed by atoms with Crippen LogP contribution in [0.25, 0.3) is 0 Å². The van der Waals surface area contributed by atoms with E-state index < -0.39 is 0 Å². The van der Waals surface area contributed by atoms with Crippen molar-refractivity contribution < 1.29 is 4.79 Å². The highest BCUT2D eigenvalue weighted by atomic mass is 16.1. The molecule has 1 aliphatic carbocycles. The maximum Gasteiger partial charge on any atom is 0.248 e. The van der Waals surface area contributed by atoms with Gasteiger partial charge in [-0.1, -0.05) is 18.6 Å². The summed E-state index contributed by atoms with van der Waals surface area (Å²) < 4.78 is 0. The molecule has 1 saturated carbocycles. The summed E-state index contributed by atoms with van der Waals surface area (Å²) in [5.41, 5.74) is 6.93. The van der Waals surface area contributed by atoms with Gasteiger partial charge in [0.1, 0.15) is 0 Å². The molecule has 1 aromatic carbocycles. The molecule has 1 aromatic rings. The van der Waals surface area contributed by atoms with Crippen LogP contribution in [-0.4, -0.2) is 11.9 Å². The van der Waals surface area contributed by atoms with Gasteiger partial charge in [-0.2, -0.15) is 0 Å².